The molecule has 2 atom stereocenters. The van der Waals surface area contributed by atoms with Gasteiger partial charge in [0.05, 0.1) is 18.6 Å². The molecule has 35 heavy (non-hydrogen) atoms. The summed E-state index contributed by atoms with van der Waals surface area (Å²) in [5.74, 6) is 0.649. The third-order valence-electron chi connectivity index (χ3n) is 7.28. The van der Waals surface area contributed by atoms with Crippen LogP contribution in [-0.2, 0) is 26.2 Å². The highest BCUT2D eigenvalue weighted by molar-refractivity contribution is 7.10. The van der Waals surface area contributed by atoms with E-state index < -0.39 is 0 Å². The van der Waals surface area contributed by atoms with Gasteiger partial charge in [0.1, 0.15) is 5.75 Å². The first-order valence-corrected chi connectivity index (χ1v) is 12.9. The molecule has 182 valence electrons. The van der Waals surface area contributed by atoms with Crippen LogP contribution in [0.1, 0.15) is 34.9 Å². The average molecular weight is 491 g/mol. The van der Waals surface area contributed by atoms with Crippen molar-refractivity contribution in [2.24, 2.45) is 0 Å². The molecule has 7 heteroatoms. The Bertz CT molecular complexity index is 1160. The number of ether oxygens (including phenoxy) is 2. The van der Waals surface area contributed by atoms with Crippen LogP contribution in [0, 0.1) is 0 Å². The topological polar surface area (TPSA) is 67.9 Å². The number of amides is 2. The molecular weight excluding hydrogens is 460 g/mol. The zero-order valence-corrected chi connectivity index (χ0v) is 20.6. The molecule has 0 unspecified atom stereocenters. The lowest BCUT2D eigenvalue weighted by Crippen LogP contribution is -2.52. The van der Waals surface area contributed by atoms with Gasteiger partial charge in [-0.3, -0.25) is 9.59 Å². The van der Waals surface area contributed by atoms with Gasteiger partial charge in [0.15, 0.2) is 6.61 Å². The Morgan fingerprint density at radius 3 is 2.49 bits per heavy atom. The summed E-state index contributed by atoms with van der Waals surface area (Å²) < 4.78 is 11.7. The summed E-state index contributed by atoms with van der Waals surface area (Å²) in [6, 6.07) is 21.3. The molecule has 0 bridgehead atoms. The van der Waals surface area contributed by atoms with Gasteiger partial charge in [-0.05, 0) is 47.5 Å². The molecule has 2 amide bonds. The fourth-order valence-electron chi connectivity index (χ4n) is 5.64. The highest BCUT2D eigenvalue weighted by Gasteiger charge is 2.54. The summed E-state index contributed by atoms with van der Waals surface area (Å²) >= 11 is 1.62. The van der Waals surface area contributed by atoms with Crippen LogP contribution in [0.4, 0.5) is 0 Å². The lowest BCUT2D eigenvalue weighted by Gasteiger charge is -2.44. The van der Waals surface area contributed by atoms with Crippen molar-refractivity contribution in [2.75, 3.05) is 26.8 Å². The Kier molecular flexibility index (Phi) is 6.88. The molecule has 0 radical (unpaired) electrons. The number of carbonyl (C=O) groups is 2. The van der Waals surface area contributed by atoms with Crippen molar-refractivity contribution in [2.45, 2.75) is 36.8 Å². The van der Waals surface area contributed by atoms with Crippen LogP contribution < -0.4 is 10.1 Å². The summed E-state index contributed by atoms with van der Waals surface area (Å²) in [4.78, 5) is 28.8. The molecule has 2 aliphatic rings. The number of benzene rings is 2. The first-order chi connectivity index (χ1) is 17.1. The first-order valence-electron chi connectivity index (χ1n) is 12.0. The summed E-state index contributed by atoms with van der Waals surface area (Å²) in [6.45, 7) is 1.30. The molecule has 1 aliphatic heterocycles. The van der Waals surface area contributed by atoms with E-state index in [1.165, 1.54) is 5.56 Å². The molecule has 1 fully saturated rings. The molecular formula is C28H30N2O4S. The van der Waals surface area contributed by atoms with Crippen molar-refractivity contribution in [1.29, 1.82) is 0 Å². The summed E-state index contributed by atoms with van der Waals surface area (Å²) in [6.07, 6.45) is 1.83. The standard InChI is InChI=1S/C28H30N2O4S/c1-33-27-26(29-24(31)19-34-20-8-3-2-4-9-20)22-11-5-6-12-23(22)28(27)13-15-30(16-14-28)25(32)18-21-10-7-17-35-21/h2-12,17,26-27H,13-16,18-19H2,1H3,(H,29,31)/t26-,27+/m1/s1. The molecule has 2 heterocycles. The third kappa shape index (κ3) is 4.70. The molecule has 1 saturated heterocycles. The number of likely N-dealkylation sites (tertiary alicyclic amines) is 1. The number of rotatable bonds is 7. The number of nitrogens with one attached hydrogen (secondary N) is 1. The van der Waals surface area contributed by atoms with E-state index in [1.807, 2.05) is 64.9 Å². The molecule has 1 spiro atoms. The zero-order chi connectivity index (χ0) is 24.3. The van der Waals surface area contributed by atoms with Crippen LogP contribution in [0.3, 0.4) is 0 Å². The van der Waals surface area contributed by atoms with Gasteiger partial charge in [0.2, 0.25) is 5.91 Å². The molecule has 2 aromatic carbocycles. The van der Waals surface area contributed by atoms with Gasteiger partial charge < -0.3 is 19.7 Å². The van der Waals surface area contributed by atoms with E-state index in [-0.39, 0.29) is 36.0 Å². The van der Waals surface area contributed by atoms with Gasteiger partial charge in [-0.15, -0.1) is 11.3 Å². The van der Waals surface area contributed by atoms with E-state index in [0.717, 1.165) is 23.3 Å². The van der Waals surface area contributed by atoms with E-state index in [1.54, 1.807) is 18.4 Å². The maximum absolute atomic E-state index is 12.9. The molecule has 1 aromatic heterocycles. The van der Waals surface area contributed by atoms with E-state index in [2.05, 4.69) is 17.4 Å². The number of carbonyl (C=O) groups excluding carboxylic acids is 2. The highest BCUT2D eigenvalue weighted by atomic mass is 32.1. The summed E-state index contributed by atoms with van der Waals surface area (Å²) in [5.41, 5.74) is 2.06. The highest BCUT2D eigenvalue weighted by Crippen LogP contribution is 2.52. The number of piperidine rings is 1. The van der Waals surface area contributed by atoms with Crippen molar-refractivity contribution < 1.29 is 19.1 Å². The quantitative estimate of drug-likeness (QED) is 0.541. The molecule has 3 aromatic rings. The number of para-hydroxylation sites is 1. The summed E-state index contributed by atoms with van der Waals surface area (Å²) in [7, 11) is 1.71. The normalized spacial score (nSPS) is 20.4. The van der Waals surface area contributed by atoms with Crippen LogP contribution in [0.15, 0.2) is 72.1 Å². The second-order valence-electron chi connectivity index (χ2n) is 9.18. The molecule has 1 aliphatic carbocycles. The SMILES string of the molecule is CO[C@H]1[C@H](NC(=O)COc2ccccc2)c2ccccc2C12CCN(C(=O)Cc1cccs1)CC2. The Morgan fingerprint density at radius 1 is 1.03 bits per heavy atom. The van der Waals surface area contributed by atoms with Crippen molar-refractivity contribution >= 4 is 23.2 Å². The zero-order valence-electron chi connectivity index (χ0n) is 19.8. The minimum Gasteiger partial charge on any atom is -0.484 e. The molecule has 0 saturated carbocycles. The molecule has 6 nitrogen and oxygen atoms in total. The van der Waals surface area contributed by atoms with Gasteiger partial charge >= 0.3 is 0 Å². The smallest absolute Gasteiger partial charge is 0.258 e. The minimum atomic E-state index is -0.267. The van der Waals surface area contributed by atoms with Gasteiger partial charge in [0.25, 0.3) is 5.91 Å². The largest absolute Gasteiger partial charge is 0.484 e. The van der Waals surface area contributed by atoms with Crippen molar-refractivity contribution in [3.05, 3.63) is 88.1 Å². The minimum absolute atomic E-state index is 0.0584. The Labute approximate surface area is 209 Å². The predicted molar refractivity (Wildman–Crippen MR) is 136 cm³/mol. The second kappa shape index (κ2) is 10.2. The number of hydrogen-bond acceptors (Lipinski definition) is 5. The number of thiophene rings is 1. The third-order valence-corrected chi connectivity index (χ3v) is 8.15. The maximum atomic E-state index is 12.9. The Hall–Kier alpha value is -3.16. The van der Waals surface area contributed by atoms with Gasteiger partial charge in [-0.25, -0.2) is 0 Å². The number of methoxy groups -OCH3 is 1. The van der Waals surface area contributed by atoms with E-state index in [9.17, 15) is 9.59 Å². The fourth-order valence-corrected chi connectivity index (χ4v) is 6.33. The monoisotopic (exact) mass is 490 g/mol. The second-order valence-corrected chi connectivity index (χ2v) is 10.2. The summed E-state index contributed by atoms with van der Waals surface area (Å²) in [5, 5.41) is 5.18. The number of fused-ring (bicyclic) bond motifs is 2. The van der Waals surface area contributed by atoms with E-state index in [0.29, 0.717) is 25.3 Å². The lowest BCUT2D eigenvalue weighted by atomic mass is 9.72. The lowest BCUT2D eigenvalue weighted by molar-refractivity contribution is -0.133. The molecule has 1 N–H and O–H groups in total. The van der Waals surface area contributed by atoms with Gasteiger partial charge in [-0.1, -0.05) is 48.5 Å². The first kappa shape index (κ1) is 23.6. The maximum Gasteiger partial charge on any atom is 0.258 e. The van der Waals surface area contributed by atoms with Crippen molar-refractivity contribution in [3.63, 3.8) is 0 Å². The van der Waals surface area contributed by atoms with Crippen LogP contribution >= 0.6 is 11.3 Å². The van der Waals surface area contributed by atoms with Crippen molar-refractivity contribution in [1.82, 2.24) is 10.2 Å². The van der Waals surface area contributed by atoms with Gasteiger partial charge in [-0.2, -0.15) is 0 Å². The van der Waals surface area contributed by atoms with Crippen LogP contribution in [-0.4, -0.2) is 49.6 Å². The van der Waals surface area contributed by atoms with Gasteiger partial charge in [0, 0.05) is 30.5 Å². The van der Waals surface area contributed by atoms with E-state index >= 15 is 0 Å². The van der Waals surface area contributed by atoms with Crippen LogP contribution in [0.2, 0.25) is 0 Å². The predicted octanol–water partition coefficient (Wildman–Crippen LogP) is 4.12. The van der Waals surface area contributed by atoms with Crippen molar-refractivity contribution in [3.8, 4) is 5.75 Å². The number of hydrogen-bond donors (Lipinski definition) is 1. The molecule has 5 rings (SSSR count). The Morgan fingerprint density at radius 2 is 1.77 bits per heavy atom. The average Bonchev–Trinajstić information content (AvgIpc) is 3.49. The van der Waals surface area contributed by atoms with Crippen LogP contribution in [0.25, 0.3) is 0 Å². The van der Waals surface area contributed by atoms with Crippen LogP contribution in [0.5, 0.6) is 5.75 Å². The van der Waals surface area contributed by atoms with E-state index in [4.69, 9.17) is 9.47 Å². The fraction of sp³-hybridized carbons (Fsp3) is 0.357. The number of nitrogens with zero attached hydrogens (tertiary/aromatic N) is 1. The Balaban J connectivity index is 1.30.